The first-order valence-corrected chi connectivity index (χ1v) is 7.78. The van der Waals surface area contributed by atoms with Crippen molar-refractivity contribution in [2.45, 2.75) is 25.8 Å². The molecule has 0 aliphatic heterocycles. The van der Waals surface area contributed by atoms with Crippen LogP contribution in [0.2, 0.25) is 0 Å². The maximum Gasteiger partial charge on any atom is 0.339 e. The van der Waals surface area contributed by atoms with Gasteiger partial charge in [-0.05, 0) is 49.1 Å². The lowest BCUT2D eigenvalue weighted by molar-refractivity contribution is 0.0526. The number of hydrogen-bond donors (Lipinski definition) is 1. The summed E-state index contributed by atoms with van der Waals surface area (Å²) in [4.78, 5) is 16.0. The molecule has 0 amide bonds. The Morgan fingerprint density at radius 3 is 2.91 bits per heavy atom. The van der Waals surface area contributed by atoms with Gasteiger partial charge < -0.3 is 14.8 Å². The number of hydrogen-bond acceptors (Lipinski definition) is 5. The first-order valence-electron chi connectivity index (χ1n) is 7.78. The fourth-order valence-corrected chi connectivity index (χ4v) is 2.95. The first kappa shape index (κ1) is 15.3. The van der Waals surface area contributed by atoms with E-state index in [1.165, 1.54) is 11.1 Å². The maximum absolute atomic E-state index is 11.6. The normalized spacial score (nSPS) is 15.8. The lowest BCUT2D eigenvalue weighted by Crippen LogP contribution is -2.10. The first-order chi connectivity index (χ1) is 11.2. The number of aromatic nitrogens is 1. The molecule has 1 atom stereocenters. The predicted molar refractivity (Wildman–Crippen MR) is 87.9 cm³/mol. The second-order valence-electron chi connectivity index (χ2n) is 5.42. The predicted octanol–water partition coefficient (Wildman–Crippen LogP) is 3.37. The number of benzene rings is 1. The highest BCUT2D eigenvalue weighted by atomic mass is 16.5. The van der Waals surface area contributed by atoms with Crippen LogP contribution < -0.4 is 10.1 Å². The highest BCUT2D eigenvalue weighted by molar-refractivity contribution is 5.89. The summed E-state index contributed by atoms with van der Waals surface area (Å²) in [5.74, 6) is 1.35. The van der Waals surface area contributed by atoms with Crippen molar-refractivity contribution in [3.8, 4) is 5.75 Å². The SMILES string of the molecule is CCOC(=O)c1ccc(NC2CCc3c(OC)cccc32)nc1. The summed E-state index contributed by atoms with van der Waals surface area (Å²) < 4.78 is 10.4. The lowest BCUT2D eigenvalue weighted by atomic mass is 10.1. The van der Waals surface area contributed by atoms with Crippen LogP contribution >= 0.6 is 0 Å². The Morgan fingerprint density at radius 2 is 2.22 bits per heavy atom. The highest BCUT2D eigenvalue weighted by Crippen LogP contribution is 2.38. The molecule has 1 heterocycles. The molecule has 0 spiro atoms. The van der Waals surface area contributed by atoms with E-state index in [2.05, 4.69) is 16.4 Å². The van der Waals surface area contributed by atoms with Gasteiger partial charge in [-0.25, -0.2) is 9.78 Å². The molecule has 2 aromatic rings. The third kappa shape index (κ3) is 3.13. The number of carbonyl (C=O) groups excluding carboxylic acids is 1. The van der Waals surface area contributed by atoms with Crippen LogP contribution in [0.25, 0.3) is 0 Å². The molecule has 0 saturated heterocycles. The van der Waals surface area contributed by atoms with Gasteiger partial charge in [0.25, 0.3) is 0 Å². The van der Waals surface area contributed by atoms with Gasteiger partial charge in [-0.2, -0.15) is 0 Å². The number of pyridine rings is 1. The van der Waals surface area contributed by atoms with Crippen LogP contribution in [0.15, 0.2) is 36.5 Å². The number of methoxy groups -OCH3 is 1. The smallest absolute Gasteiger partial charge is 0.339 e. The summed E-state index contributed by atoms with van der Waals surface area (Å²) in [7, 11) is 1.70. The van der Waals surface area contributed by atoms with Crippen molar-refractivity contribution in [1.82, 2.24) is 4.98 Å². The zero-order chi connectivity index (χ0) is 16.2. The van der Waals surface area contributed by atoms with E-state index >= 15 is 0 Å². The molecule has 0 fully saturated rings. The molecule has 1 N–H and O–H groups in total. The Kier molecular flexibility index (Phi) is 4.46. The van der Waals surface area contributed by atoms with Crippen LogP contribution in [-0.2, 0) is 11.2 Å². The van der Waals surface area contributed by atoms with E-state index in [0.717, 1.165) is 24.4 Å². The Bertz CT molecular complexity index is 698. The van der Waals surface area contributed by atoms with Crippen LogP contribution in [0, 0.1) is 0 Å². The minimum atomic E-state index is -0.345. The number of ether oxygens (including phenoxy) is 2. The van der Waals surface area contributed by atoms with E-state index in [4.69, 9.17) is 9.47 Å². The Labute approximate surface area is 135 Å². The fourth-order valence-electron chi connectivity index (χ4n) is 2.95. The van der Waals surface area contributed by atoms with E-state index in [1.54, 1.807) is 26.3 Å². The maximum atomic E-state index is 11.6. The molecule has 0 bridgehead atoms. The Balaban J connectivity index is 1.74. The minimum Gasteiger partial charge on any atom is -0.496 e. The van der Waals surface area contributed by atoms with Crippen molar-refractivity contribution in [2.75, 3.05) is 19.0 Å². The summed E-state index contributed by atoms with van der Waals surface area (Å²) in [6.45, 7) is 2.15. The summed E-state index contributed by atoms with van der Waals surface area (Å²) in [6, 6.07) is 9.87. The van der Waals surface area contributed by atoms with Crippen molar-refractivity contribution in [2.24, 2.45) is 0 Å². The summed E-state index contributed by atoms with van der Waals surface area (Å²) in [6.07, 6.45) is 3.52. The van der Waals surface area contributed by atoms with Gasteiger partial charge in [0.15, 0.2) is 0 Å². The van der Waals surface area contributed by atoms with E-state index in [0.29, 0.717) is 12.2 Å². The van der Waals surface area contributed by atoms with E-state index in [1.807, 2.05) is 18.2 Å². The number of nitrogens with one attached hydrogen (secondary N) is 1. The van der Waals surface area contributed by atoms with Crippen molar-refractivity contribution in [3.05, 3.63) is 53.2 Å². The Hall–Kier alpha value is -2.56. The number of nitrogens with zero attached hydrogens (tertiary/aromatic N) is 1. The summed E-state index contributed by atoms with van der Waals surface area (Å²) in [5, 5.41) is 3.43. The molecule has 5 nitrogen and oxygen atoms in total. The van der Waals surface area contributed by atoms with Crippen LogP contribution in [-0.4, -0.2) is 24.7 Å². The van der Waals surface area contributed by atoms with Gasteiger partial charge in [0.1, 0.15) is 11.6 Å². The number of carbonyl (C=O) groups is 1. The van der Waals surface area contributed by atoms with E-state index < -0.39 is 0 Å². The quantitative estimate of drug-likeness (QED) is 0.858. The fraction of sp³-hybridized carbons (Fsp3) is 0.333. The van der Waals surface area contributed by atoms with Gasteiger partial charge in [0.05, 0.1) is 25.3 Å². The topological polar surface area (TPSA) is 60.5 Å². The molecule has 120 valence electrons. The number of rotatable bonds is 5. The number of esters is 1. The molecule has 1 aromatic heterocycles. The van der Waals surface area contributed by atoms with Gasteiger partial charge in [0.2, 0.25) is 0 Å². The van der Waals surface area contributed by atoms with Crippen LogP contribution in [0.4, 0.5) is 5.82 Å². The molecule has 1 aliphatic rings. The average Bonchev–Trinajstić information content (AvgIpc) is 2.99. The van der Waals surface area contributed by atoms with Gasteiger partial charge in [-0.1, -0.05) is 12.1 Å². The van der Waals surface area contributed by atoms with Gasteiger partial charge in [-0.15, -0.1) is 0 Å². The molecular formula is C18H20N2O3. The second-order valence-corrected chi connectivity index (χ2v) is 5.42. The molecular weight excluding hydrogens is 292 g/mol. The standard InChI is InChI=1S/C18H20N2O3/c1-3-23-18(21)12-7-10-17(19-11-12)20-15-9-8-14-13(15)5-4-6-16(14)22-2/h4-7,10-11,15H,3,8-9H2,1-2H3,(H,19,20). The Morgan fingerprint density at radius 1 is 1.35 bits per heavy atom. The molecule has 23 heavy (non-hydrogen) atoms. The number of anilines is 1. The third-order valence-corrected chi connectivity index (χ3v) is 4.04. The molecule has 3 rings (SSSR count). The molecule has 0 saturated carbocycles. The van der Waals surface area contributed by atoms with Crippen molar-refractivity contribution < 1.29 is 14.3 Å². The summed E-state index contributed by atoms with van der Waals surface area (Å²) in [5.41, 5.74) is 2.97. The van der Waals surface area contributed by atoms with Crippen LogP contribution in [0.1, 0.15) is 40.9 Å². The van der Waals surface area contributed by atoms with Crippen molar-refractivity contribution >= 4 is 11.8 Å². The van der Waals surface area contributed by atoms with Crippen molar-refractivity contribution in [1.29, 1.82) is 0 Å². The third-order valence-electron chi connectivity index (χ3n) is 4.04. The molecule has 1 aromatic carbocycles. The largest absolute Gasteiger partial charge is 0.496 e. The highest BCUT2D eigenvalue weighted by Gasteiger charge is 2.25. The zero-order valence-corrected chi connectivity index (χ0v) is 13.3. The number of fused-ring (bicyclic) bond motifs is 1. The molecule has 1 aliphatic carbocycles. The van der Waals surface area contributed by atoms with Crippen molar-refractivity contribution in [3.63, 3.8) is 0 Å². The zero-order valence-electron chi connectivity index (χ0n) is 13.3. The minimum absolute atomic E-state index is 0.209. The van der Waals surface area contributed by atoms with Crippen LogP contribution in [0.3, 0.4) is 0 Å². The monoisotopic (exact) mass is 312 g/mol. The van der Waals surface area contributed by atoms with Gasteiger partial charge >= 0.3 is 5.97 Å². The van der Waals surface area contributed by atoms with E-state index in [9.17, 15) is 4.79 Å². The molecule has 5 heteroatoms. The van der Waals surface area contributed by atoms with Crippen LogP contribution in [0.5, 0.6) is 5.75 Å². The van der Waals surface area contributed by atoms with E-state index in [-0.39, 0.29) is 12.0 Å². The average molecular weight is 312 g/mol. The lowest BCUT2D eigenvalue weighted by Gasteiger charge is -2.15. The summed E-state index contributed by atoms with van der Waals surface area (Å²) >= 11 is 0. The second kappa shape index (κ2) is 6.69. The molecule has 1 unspecified atom stereocenters. The van der Waals surface area contributed by atoms with Gasteiger partial charge in [-0.3, -0.25) is 0 Å². The molecule has 0 radical (unpaired) electrons. The van der Waals surface area contributed by atoms with Gasteiger partial charge in [0, 0.05) is 6.20 Å².